The highest BCUT2D eigenvalue weighted by Gasteiger charge is 2.15. The molecule has 3 heteroatoms. The van der Waals surface area contributed by atoms with E-state index in [1.807, 2.05) is 13.1 Å². The molecule has 0 spiro atoms. The molecule has 0 aromatic heterocycles. The molecule has 0 radical (unpaired) electrons. The summed E-state index contributed by atoms with van der Waals surface area (Å²) in [4.78, 5) is 2.29. The molecule has 0 saturated heterocycles. The maximum Gasteiger partial charge on any atom is 0.123 e. The lowest BCUT2D eigenvalue weighted by Crippen LogP contribution is -2.31. The average molecular weight is 236 g/mol. The molecular weight excluding hydrogens is 212 g/mol. The van der Waals surface area contributed by atoms with Gasteiger partial charge in [-0.05, 0) is 33.6 Å². The predicted molar refractivity (Wildman–Crippen MR) is 72.7 cm³/mol. The molecule has 1 rings (SSSR count). The van der Waals surface area contributed by atoms with Crippen LogP contribution in [0.3, 0.4) is 0 Å². The SMILES string of the molecule is CCN(C)CC(NC)c1cc(C)ccc1OC. The summed E-state index contributed by atoms with van der Waals surface area (Å²) < 4.78 is 5.44. The van der Waals surface area contributed by atoms with Crippen LogP contribution < -0.4 is 10.1 Å². The van der Waals surface area contributed by atoms with Crippen molar-refractivity contribution in [2.45, 2.75) is 19.9 Å². The molecule has 1 unspecified atom stereocenters. The summed E-state index contributed by atoms with van der Waals surface area (Å²) in [6.45, 7) is 6.30. The lowest BCUT2D eigenvalue weighted by atomic mass is 10.0. The molecule has 1 aromatic rings. The number of nitrogens with one attached hydrogen (secondary N) is 1. The first-order valence-electron chi connectivity index (χ1n) is 6.12. The number of ether oxygens (including phenoxy) is 1. The highest BCUT2D eigenvalue weighted by Crippen LogP contribution is 2.26. The summed E-state index contributed by atoms with van der Waals surface area (Å²) in [7, 11) is 5.85. The second-order valence-electron chi connectivity index (χ2n) is 4.44. The standard InChI is InChI=1S/C14H24N2O/c1-6-16(4)10-13(15-3)12-9-11(2)7-8-14(12)17-5/h7-9,13,15H,6,10H2,1-5H3. The Bertz CT molecular complexity index is 352. The van der Waals surface area contributed by atoms with Crippen molar-refractivity contribution in [3.05, 3.63) is 29.3 Å². The van der Waals surface area contributed by atoms with Crippen molar-refractivity contribution in [3.8, 4) is 5.75 Å². The number of hydrogen-bond donors (Lipinski definition) is 1. The van der Waals surface area contributed by atoms with E-state index in [-0.39, 0.29) is 0 Å². The van der Waals surface area contributed by atoms with Gasteiger partial charge in [0.15, 0.2) is 0 Å². The van der Waals surface area contributed by atoms with Crippen molar-refractivity contribution in [2.75, 3.05) is 34.3 Å². The van der Waals surface area contributed by atoms with Gasteiger partial charge in [0.05, 0.1) is 7.11 Å². The quantitative estimate of drug-likeness (QED) is 0.819. The molecule has 17 heavy (non-hydrogen) atoms. The monoisotopic (exact) mass is 236 g/mol. The molecule has 0 amide bonds. The zero-order valence-electron chi connectivity index (χ0n) is 11.6. The highest BCUT2D eigenvalue weighted by molar-refractivity contribution is 5.39. The molecule has 1 atom stereocenters. The molecule has 0 saturated carbocycles. The van der Waals surface area contributed by atoms with Crippen LogP contribution in [0.25, 0.3) is 0 Å². The number of benzene rings is 1. The second-order valence-corrected chi connectivity index (χ2v) is 4.44. The van der Waals surface area contributed by atoms with E-state index in [1.165, 1.54) is 11.1 Å². The van der Waals surface area contributed by atoms with Crippen LogP contribution >= 0.6 is 0 Å². The number of methoxy groups -OCH3 is 1. The van der Waals surface area contributed by atoms with Gasteiger partial charge >= 0.3 is 0 Å². The smallest absolute Gasteiger partial charge is 0.123 e. The average Bonchev–Trinajstić information content (AvgIpc) is 2.35. The number of nitrogens with zero attached hydrogens (tertiary/aromatic N) is 1. The van der Waals surface area contributed by atoms with Crippen molar-refractivity contribution in [1.29, 1.82) is 0 Å². The van der Waals surface area contributed by atoms with E-state index in [0.717, 1.165) is 18.8 Å². The summed E-state index contributed by atoms with van der Waals surface area (Å²) in [6, 6.07) is 6.62. The van der Waals surface area contributed by atoms with Crippen LogP contribution in [0.4, 0.5) is 0 Å². The van der Waals surface area contributed by atoms with Crippen LogP contribution in [-0.2, 0) is 0 Å². The number of rotatable bonds is 6. The van der Waals surface area contributed by atoms with E-state index in [9.17, 15) is 0 Å². The van der Waals surface area contributed by atoms with Gasteiger partial charge in [0, 0.05) is 18.2 Å². The molecule has 0 fully saturated rings. The molecule has 0 aliphatic carbocycles. The zero-order valence-corrected chi connectivity index (χ0v) is 11.6. The highest BCUT2D eigenvalue weighted by atomic mass is 16.5. The van der Waals surface area contributed by atoms with Gasteiger partial charge < -0.3 is 15.0 Å². The largest absolute Gasteiger partial charge is 0.496 e. The van der Waals surface area contributed by atoms with E-state index in [1.54, 1.807) is 7.11 Å². The third-order valence-corrected chi connectivity index (χ3v) is 3.14. The lowest BCUT2D eigenvalue weighted by molar-refractivity contribution is 0.305. The first-order chi connectivity index (χ1) is 8.12. The van der Waals surface area contributed by atoms with Gasteiger partial charge in [-0.1, -0.05) is 24.6 Å². The molecule has 0 bridgehead atoms. The topological polar surface area (TPSA) is 24.5 Å². The zero-order chi connectivity index (χ0) is 12.8. The Balaban J connectivity index is 2.97. The molecule has 1 aromatic carbocycles. The third-order valence-electron chi connectivity index (χ3n) is 3.14. The maximum absolute atomic E-state index is 5.44. The molecule has 0 aliphatic heterocycles. The fraction of sp³-hybridized carbons (Fsp3) is 0.571. The Morgan fingerprint density at radius 1 is 1.41 bits per heavy atom. The van der Waals surface area contributed by atoms with Crippen LogP contribution in [0.1, 0.15) is 24.1 Å². The minimum absolute atomic E-state index is 0.301. The first kappa shape index (κ1) is 14.0. The fourth-order valence-corrected chi connectivity index (χ4v) is 1.91. The van der Waals surface area contributed by atoms with Gasteiger partial charge in [-0.15, -0.1) is 0 Å². The lowest BCUT2D eigenvalue weighted by Gasteiger charge is -2.24. The van der Waals surface area contributed by atoms with Crippen LogP contribution in [-0.4, -0.2) is 39.2 Å². The molecule has 0 heterocycles. The van der Waals surface area contributed by atoms with Crippen LogP contribution in [0, 0.1) is 6.92 Å². The number of aryl methyl sites for hydroxylation is 1. The van der Waals surface area contributed by atoms with Gasteiger partial charge in [-0.3, -0.25) is 0 Å². The van der Waals surface area contributed by atoms with Crippen molar-refractivity contribution >= 4 is 0 Å². The first-order valence-corrected chi connectivity index (χ1v) is 6.12. The number of likely N-dealkylation sites (N-methyl/N-ethyl adjacent to an activating group) is 2. The van der Waals surface area contributed by atoms with E-state index >= 15 is 0 Å². The van der Waals surface area contributed by atoms with Gasteiger partial charge in [0.25, 0.3) is 0 Å². The minimum atomic E-state index is 0.301. The predicted octanol–water partition coefficient (Wildman–Crippen LogP) is 2.22. The van der Waals surface area contributed by atoms with E-state index in [0.29, 0.717) is 6.04 Å². The van der Waals surface area contributed by atoms with Gasteiger partial charge in [0.1, 0.15) is 5.75 Å². The molecule has 96 valence electrons. The van der Waals surface area contributed by atoms with Gasteiger partial charge in [-0.2, -0.15) is 0 Å². The summed E-state index contributed by atoms with van der Waals surface area (Å²) in [6.07, 6.45) is 0. The second kappa shape index (κ2) is 6.62. The normalized spacial score (nSPS) is 12.8. The molecule has 1 N–H and O–H groups in total. The Morgan fingerprint density at radius 3 is 2.65 bits per heavy atom. The summed E-state index contributed by atoms with van der Waals surface area (Å²) in [5, 5.41) is 3.36. The van der Waals surface area contributed by atoms with Gasteiger partial charge in [-0.25, -0.2) is 0 Å². The van der Waals surface area contributed by atoms with Crippen LogP contribution in [0.15, 0.2) is 18.2 Å². The van der Waals surface area contributed by atoms with Crippen molar-refractivity contribution < 1.29 is 4.74 Å². The van der Waals surface area contributed by atoms with Gasteiger partial charge in [0.2, 0.25) is 0 Å². The van der Waals surface area contributed by atoms with E-state index in [2.05, 4.69) is 43.2 Å². The van der Waals surface area contributed by atoms with E-state index in [4.69, 9.17) is 4.74 Å². The maximum atomic E-state index is 5.44. The Labute approximate surface area is 105 Å². The van der Waals surface area contributed by atoms with Crippen molar-refractivity contribution in [1.82, 2.24) is 10.2 Å². The summed E-state index contributed by atoms with van der Waals surface area (Å²) in [5.41, 5.74) is 2.50. The Morgan fingerprint density at radius 2 is 2.12 bits per heavy atom. The minimum Gasteiger partial charge on any atom is -0.496 e. The van der Waals surface area contributed by atoms with Crippen LogP contribution in [0.5, 0.6) is 5.75 Å². The Kier molecular flexibility index (Phi) is 5.45. The Hall–Kier alpha value is -1.06. The van der Waals surface area contributed by atoms with Crippen molar-refractivity contribution in [2.24, 2.45) is 0 Å². The third kappa shape index (κ3) is 3.72. The summed E-state index contributed by atoms with van der Waals surface area (Å²) >= 11 is 0. The molecule has 3 nitrogen and oxygen atoms in total. The van der Waals surface area contributed by atoms with E-state index < -0.39 is 0 Å². The fourth-order valence-electron chi connectivity index (χ4n) is 1.91. The summed E-state index contributed by atoms with van der Waals surface area (Å²) in [5.74, 6) is 0.958. The molecule has 0 aliphatic rings. The van der Waals surface area contributed by atoms with Crippen molar-refractivity contribution in [3.63, 3.8) is 0 Å². The number of hydrogen-bond acceptors (Lipinski definition) is 3. The molecular formula is C14H24N2O. The van der Waals surface area contributed by atoms with Crippen LogP contribution in [0.2, 0.25) is 0 Å².